The molecule has 0 unspecified atom stereocenters. The predicted molar refractivity (Wildman–Crippen MR) is 75.5 cm³/mol. The summed E-state index contributed by atoms with van der Waals surface area (Å²) in [6, 6.07) is 7.54. The summed E-state index contributed by atoms with van der Waals surface area (Å²) in [6.45, 7) is 0.736. The van der Waals surface area contributed by atoms with Crippen LogP contribution >= 0.6 is 23.2 Å². The molecule has 0 radical (unpaired) electrons. The molecule has 0 bridgehead atoms. The molecule has 1 aromatic rings. The van der Waals surface area contributed by atoms with E-state index >= 15 is 0 Å². The fourth-order valence-electron chi connectivity index (χ4n) is 2.17. The Morgan fingerprint density at radius 3 is 2.72 bits per heavy atom. The number of carbonyl (C=O) groups is 1. The fraction of sp³-hybridized carbons (Fsp3) is 0.500. The van der Waals surface area contributed by atoms with Crippen molar-refractivity contribution >= 4 is 29.1 Å². The monoisotopic (exact) mass is 285 g/mol. The third-order valence-electron chi connectivity index (χ3n) is 3.38. The van der Waals surface area contributed by atoms with Crippen LogP contribution in [0, 0.1) is 0 Å². The molecule has 1 aromatic carbocycles. The lowest BCUT2D eigenvalue weighted by atomic mass is 9.91. The van der Waals surface area contributed by atoms with Gasteiger partial charge in [0.2, 0.25) is 0 Å². The number of amides is 1. The maximum Gasteiger partial charge on any atom is 0.254 e. The highest BCUT2D eigenvalue weighted by Gasteiger charge is 2.28. The topological polar surface area (TPSA) is 20.3 Å². The molecule has 1 aliphatic carbocycles. The van der Waals surface area contributed by atoms with Crippen LogP contribution in [0.3, 0.4) is 0 Å². The molecule has 4 heteroatoms. The first kappa shape index (κ1) is 13.7. The minimum absolute atomic E-state index is 0.0762. The zero-order chi connectivity index (χ0) is 13.0. The molecular formula is C14H17Cl2NO. The van der Waals surface area contributed by atoms with Crippen molar-refractivity contribution in [1.29, 1.82) is 0 Å². The van der Waals surface area contributed by atoms with E-state index in [9.17, 15) is 4.79 Å². The van der Waals surface area contributed by atoms with Gasteiger partial charge in [-0.3, -0.25) is 4.79 Å². The zero-order valence-corrected chi connectivity index (χ0v) is 11.8. The molecule has 0 aromatic heterocycles. The molecule has 1 saturated carbocycles. The Morgan fingerprint density at radius 2 is 2.17 bits per heavy atom. The van der Waals surface area contributed by atoms with Crippen molar-refractivity contribution in [3.63, 3.8) is 0 Å². The highest BCUT2D eigenvalue weighted by Crippen LogP contribution is 2.27. The Hall–Kier alpha value is -0.730. The van der Waals surface area contributed by atoms with E-state index in [1.54, 1.807) is 12.1 Å². The summed E-state index contributed by atoms with van der Waals surface area (Å²) >= 11 is 11.7. The fourth-order valence-corrected chi connectivity index (χ4v) is 2.48. The number of hydrogen-bond acceptors (Lipinski definition) is 1. The molecule has 2 rings (SSSR count). The van der Waals surface area contributed by atoms with Gasteiger partial charge in [-0.25, -0.2) is 0 Å². The maximum absolute atomic E-state index is 12.5. The lowest BCUT2D eigenvalue weighted by Gasteiger charge is -2.37. The number of alkyl halides is 1. The second kappa shape index (κ2) is 6.44. The van der Waals surface area contributed by atoms with Crippen LogP contribution < -0.4 is 0 Å². The molecule has 0 N–H and O–H groups in total. The van der Waals surface area contributed by atoms with Gasteiger partial charge in [0.05, 0.1) is 0 Å². The summed E-state index contributed by atoms with van der Waals surface area (Å²) in [4.78, 5) is 14.4. The molecule has 0 aliphatic heterocycles. The van der Waals surface area contributed by atoms with Gasteiger partial charge in [-0.1, -0.05) is 17.7 Å². The first-order valence-electron chi connectivity index (χ1n) is 6.35. The van der Waals surface area contributed by atoms with Crippen LogP contribution in [-0.4, -0.2) is 29.3 Å². The molecule has 1 aliphatic rings. The van der Waals surface area contributed by atoms with Crippen molar-refractivity contribution in [2.75, 3.05) is 12.4 Å². The first-order chi connectivity index (χ1) is 8.72. The zero-order valence-electron chi connectivity index (χ0n) is 10.2. The van der Waals surface area contributed by atoms with E-state index in [-0.39, 0.29) is 5.91 Å². The molecular weight excluding hydrogens is 269 g/mol. The SMILES string of the molecule is O=C(c1cccc(Cl)c1)N(CCCCl)C1CCC1. The summed E-state index contributed by atoms with van der Waals surface area (Å²) in [5, 5.41) is 0.603. The van der Waals surface area contributed by atoms with Crippen LogP contribution in [0.5, 0.6) is 0 Å². The number of carbonyl (C=O) groups excluding carboxylic acids is 1. The van der Waals surface area contributed by atoms with Crippen LogP contribution in [0.15, 0.2) is 24.3 Å². The average Bonchev–Trinajstić information content (AvgIpc) is 2.31. The largest absolute Gasteiger partial charge is 0.336 e. The van der Waals surface area contributed by atoms with E-state index in [4.69, 9.17) is 23.2 Å². The summed E-state index contributed by atoms with van der Waals surface area (Å²) in [7, 11) is 0. The number of rotatable bonds is 5. The summed E-state index contributed by atoms with van der Waals surface area (Å²) < 4.78 is 0. The van der Waals surface area contributed by atoms with Crippen LogP contribution in [0.4, 0.5) is 0 Å². The summed E-state index contributed by atoms with van der Waals surface area (Å²) in [5.41, 5.74) is 0.670. The standard InChI is InChI=1S/C14H17Cl2NO/c15-8-3-9-17(13-6-2-7-13)14(18)11-4-1-5-12(16)10-11/h1,4-5,10,13H,2-3,6-9H2. The van der Waals surface area contributed by atoms with E-state index in [1.807, 2.05) is 17.0 Å². The predicted octanol–water partition coefficient (Wildman–Crippen LogP) is 3.96. The molecule has 0 saturated heterocycles. The van der Waals surface area contributed by atoms with E-state index in [2.05, 4.69) is 0 Å². The van der Waals surface area contributed by atoms with Gasteiger partial charge >= 0.3 is 0 Å². The van der Waals surface area contributed by atoms with Crippen molar-refractivity contribution in [2.45, 2.75) is 31.7 Å². The Morgan fingerprint density at radius 1 is 1.39 bits per heavy atom. The molecule has 98 valence electrons. The van der Waals surface area contributed by atoms with Crippen molar-refractivity contribution in [2.24, 2.45) is 0 Å². The first-order valence-corrected chi connectivity index (χ1v) is 7.26. The van der Waals surface area contributed by atoms with Gasteiger partial charge in [0.25, 0.3) is 5.91 Å². The molecule has 0 spiro atoms. The number of hydrogen-bond donors (Lipinski definition) is 0. The van der Waals surface area contributed by atoms with Gasteiger partial charge in [0.1, 0.15) is 0 Å². The molecule has 1 amide bonds. The van der Waals surface area contributed by atoms with Gasteiger partial charge in [0.15, 0.2) is 0 Å². The van der Waals surface area contributed by atoms with E-state index in [0.29, 0.717) is 22.5 Å². The smallest absolute Gasteiger partial charge is 0.254 e. The van der Waals surface area contributed by atoms with E-state index in [0.717, 1.165) is 25.8 Å². The average molecular weight is 286 g/mol. The lowest BCUT2D eigenvalue weighted by molar-refractivity contribution is 0.0581. The number of benzene rings is 1. The van der Waals surface area contributed by atoms with Crippen LogP contribution in [-0.2, 0) is 0 Å². The van der Waals surface area contributed by atoms with Crippen molar-refractivity contribution < 1.29 is 4.79 Å². The number of nitrogens with zero attached hydrogens (tertiary/aromatic N) is 1. The third-order valence-corrected chi connectivity index (χ3v) is 3.88. The Bertz CT molecular complexity index is 418. The molecule has 2 nitrogen and oxygen atoms in total. The van der Waals surface area contributed by atoms with Gasteiger partial charge in [-0.05, 0) is 43.9 Å². The molecule has 0 heterocycles. The van der Waals surface area contributed by atoms with Gasteiger partial charge < -0.3 is 4.90 Å². The molecule has 18 heavy (non-hydrogen) atoms. The second-order valence-electron chi connectivity index (χ2n) is 4.64. The minimum atomic E-state index is 0.0762. The normalized spacial score (nSPS) is 15.2. The van der Waals surface area contributed by atoms with Crippen LogP contribution in [0.25, 0.3) is 0 Å². The van der Waals surface area contributed by atoms with E-state index < -0.39 is 0 Å². The molecule has 0 atom stereocenters. The van der Waals surface area contributed by atoms with Gasteiger partial charge in [0, 0.05) is 29.1 Å². The van der Waals surface area contributed by atoms with Gasteiger partial charge in [-0.2, -0.15) is 0 Å². The van der Waals surface area contributed by atoms with Crippen LogP contribution in [0.2, 0.25) is 5.02 Å². The Kier molecular flexibility index (Phi) is 4.90. The van der Waals surface area contributed by atoms with Crippen molar-refractivity contribution in [1.82, 2.24) is 4.90 Å². The Labute approximate surface area is 118 Å². The van der Waals surface area contributed by atoms with Gasteiger partial charge in [-0.15, -0.1) is 11.6 Å². The number of halogens is 2. The minimum Gasteiger partial charge on any atom is -0.336 e. The maximum atomic E-state index is 12.5. The quantitative estimate of drug-likeness (QED) is 0.750. The van der Waals surface area contributed by atoms with Crippen molar-refractivity contribution in [3.8, 4) is 0 Å². The van der Waals surface area contributed by atoms with Crippen molar-refractivity contribution in [3.05, 3.63) is 34.9 Å². The lowest BCUT2D eigenvalue weighted by Crippen LogP contribution is -2.44. The Balaban J connectivity index is 2.11. The van der Waals surface area contributed by atoms with E-state index in [1.165, 1.54) is 6.42 Å². The molecule has 1 fully saturated rings. The summed E-state index contributed by atoms with van der Waals surface area (Å²) in [5.74, 6) is 0.666. The van der Waals surface area contributed by atoms with Crippen LogP contribution in [0.1, 0.15) is 36.0 Å². The second-order valence-corrected chi connectivity index (χ2v) is 5.45. The summed E-state index contributed by atoms with van der Waals surface area (Å²) in [6.07, 6.45) is 4.26. The highest BCUT2D eigenvalue weighted by atomic mass is 35.5. The third kappa shape index (κ3) is 3.18. The highest BCUT2D eigenvalue weighted by molar-refractivity contribution is 6.30.